The molecule has 0 aliphatic carbocycles. The third-order valence-corrected chi connectivity index (χ3v) is 5.58. The Kier molecular flexibility index (Phi) is 7.70. The van der Waals surface area contributed by atoms with Gasteiger partial charge < -0.3 is 5.32 Å². The Balaban J connectivity index is 2.03. The van der Waals surface area contributed by atoms with E-state index >= 15 is 0 Å². The maximum Gasteiger partial charge on any atom is 0.417 e. The van der Waals surface area contributed by atoms with Crippen LogP contribution in [0, 0.1) is 5.82 Å². The summed E-state index contributed by atoms with van der Waals surface area (Å²) < 4.78 is 76.8. The van der Waals surface area contributed by atoms with Crippen molar-refractivity contribution < 1.29 is 30.8 Å². The average molecular weight is 467 g/mol. The van der Waals surface area contributed by atoms with Crippen molar-refractivity contribution in [2.75, 3.05) is 23.7 Å². The number of rotatable bonds is 8. The first kappa shape index (κ1) is 23.9. The fraction of sp³-hybridized carbons (Fsp3) is 0.316. The second kappa shape index (κ2) is 9.65. The van der Waals surface area contributed by atoms with E-state index in [1.54, 1.807) is 12.1 Å². The molecule has 0 aliphatic rings. The molecule has 0 saturated heterocycles. The molecule has 1 amide bonds. The minimum absolute atomic E-state index is 0.211. The van der Waals surface area contributed by atoms with Crippen LogP contribution >= 0.6 is 11.6 Å². The summed E-state index contributed by atoms with van der Waals surface area (Å²) in [7, 11) is -4.04. The second-order valence-electron chi connectivity index (χ2n) is 6.51. The van der Waals surface area contributed by atoms with Crippen molar-refractivity contribution in [1.29, 1.82) is 0 Å². The molecule has 0 spiro atoms. The summed E-state index contributed by atoms with van der Waals surface area (Å²) in [6, 6.07) is 8.48. The number of nitrogens with zero attached hydrogens (tertiary/aromatic N) is 1. The molecule has 164 valence electrons. The highest BCUT2D eigenvalue weighted by atomic mass is 35.5. The Morgan fingerprint density at radius 3 is 2.33 bits per heavy atom. The van der Waals surface area contributed by atoms with Gasteiger partial charge in [-0.05, 0) is 48.7 Å². The van der Waals surface area contributed by atoms with Crippen LogP contribution in [0.4, 0.5) is 23.2 Å². The topological polar surface area (TPSA) is 66.5 Å². The van der Waals surface area contributed by atoms with Gasteiger partial charge in [0, 0.05) is 6.54 Å². The molecular formula is C19H19ClF4N2O3S. The normalized spacial score (nSPS) is 11.9. The van der Waals surface area contributed by atoms with Gasteiger partial charge in [-0.1, -0.05) is 23.7 Å². The van der Waals surface area contributed by atoms with Gasteiger partial charge in [-0.15, -0.1) is 0 Å². The van der Waals surface area contributed by atoms with E-state index in [0.29, 0.717) is 23.2 Å². The van der Waals surface area contributed by atoms with Gasteiger partial charge in [-0.3, -0.25) is 9.10 Å². The number of sulfonamides is 1. The van der Waals surface area contributed by atoms with Crippen molar-refractivity contribution in [3.63, 3.8) is 0 Å². The molecule has 0 atom stereocenters. The summed E-state index contributed by atoms with van der Waals surface area (Å²) >= 11 is 5.56. The first-order valence-corrected chi connectivity index (χ1v) is 11.0. The van der Waals surface area contributed by atoms with Crippen molar-refractivity contribution in [2.24, 2.45) is 0 Å². The van der Waals surface area contributed by atoms with E-state index in [-0.39, 0.29) is 18.0 Å². The number of nitrogens with one attached hydrogen (secondary N) is 1. The quantitative estimate of drug-likeness (QED) is 0.472. The lowest BCUT2D eigenvalue weighted by Gasteiger charge is -2.23. The van der Waals surface area contributed by atoms with Gasteiger partial charge >= 0.3 is 6.18 Å². The number of benzene rings is 2. The molecule has 11 heteroatoms. The number of hydrogen-bond acceptors (Lipinski definition) is 3. The molecule has 0 fully saturated rings. The van der Waals surface area contributed by atoms with E-state index in [2.05, 4.69) is 5.32 Å². The van der Waals surface area contributed by atoms with E-state index in [9.17, 15) is 30.8 Å². The zero-order valence-electron chi connectivity index (χ0n) is 15.8. The first-order chi connectivity index (χ1) is 13.9. The summed E-state index contributed by atoms with van der Waals surface area (Å²) in [6.45, 7) is -0.476. The number of anilines is 1. The fourth-order valence-electron chi connectivity index (χ4n) is 2.64. The maximum absolute atomic E-state index is 13.1. The third kappa shape index (κ3) is 6.88. The monoisotopic (exact) mass is 466 g/mol. The molecule has 30 heavy (non-hydrogen) atoms. The van der Waals surface area contributed by atoms with Crippen LogP contribution in [0.2, 0.25) is 5.02 Å². The molecule has 0 unspecified atom stereocenters. The summed E-state index contributed by atoms with van der Waals surface area (Å²) in [5.74, 6) is -1.04. The molecule has 1 N–H and O–H groups in total. The van der Waals surface area contributed by atoms with Crippen LogP contribution in [0.3, 0.4) is 0 Å². The van der Waals surface area contributed by atoms with E-state index in [0.717, 1.165) is 24.0 Å². The highest BCUT2D eigenvalue weighted by Gasteiger charge is 2.34. The van der Waals surface area contributed by atoms with Gasteiger partial charge in [-0.2, -0.15) is 13.2 Å². The van der Waals surface area contributed by atoms with E-state index in [4.69, 9.17) is 11.6 Å². The predicted molar refractivity (Wildman–Crippen MR) is 106 cm³/mol. The Morgan fingerprint density at radius 1 is 1.13 bits per heavy atom. The lowest BCUT2D eigenvalue weighted by atomic mass is 10.1. The van der Waals surface area contributed by atoms with Crippen molar-refractivity contribution in [2.45, 2.75) is 19.0 Å². The van der Waals surface area contributed by atoms with E-state index < -0.39 is 39.2 Å². The number of halogens is 5. The largest absolute Gasteiger partial charge is 0.417 e. The number of carbonyl (C=O) groups is 1. The molecule has 0 radical (unpaired) electrons. The maximum atomic E-state index is 13.1. The molecule has 0 saturated carbocycles. The lowest BCUT2D eigenvalue weighted by Crippen LogP contribution is -2.40. The highest BCUT2D eigenvalue weighted by molar-refractivity contribution is 7.92. The Labute approximate surface area is 176 Å². The Hall–Kier alpha value is -2.33. The van der Waals surface area contributed by atoms with Crippen LogP contribution in [0.25, 0.3) is 0 Å². The molecule has 5 nitrogen and oxygen atoms in total. The van der Waals surface area contributed by atoms with Crippen LogP contribution in [0.5, 0.6) is 0 Å². The smallest absolute Gasteiger partial charge is 0.355 e. The predicted octanol–water partition coefficient (Wildman–Crippen LogP) is 4.01. The Bertz CT molecular complexity index is 996. The molecule has 2 rings (SSSR count). The lowest BCUT2D eigenvalue weighted by molar-refractivity contribution is -0.137. The van der Waals surface area contributed by atoms with E-state index in [1.807, 2.05) is 0 Å². The van der Waals surface area contributed by atoms with Gasteiger partial charge in [0.25, 0.3) is 0 Å². The third-order valence-electron chi connectivity index (χ3n) is 4.11. The van der Waals surface area contributed by atoms with Crippen LogP contribution in [-0.2, 0) is 27.4 Å². The fourth-order valence-corrected chi connectivity index (χ4v) is 3.72. The van der Waals surface area contributed by atoms with Gasteiger partial charge in [0.15, 0.2) is 0 Å². The molecule has 2 aromatic rings. The van der Waals surface area contributed by atoms with Gasteiger partial charge in [0.05, 0.1) is 22.5 Å². The molecule has 0 aromatic heterocycles. The summed E-state index contributed by atoms with van der Waals surface area (Å²) in [4.78, 5) is 12.2. The van der Waals surface area contributed by atoms with Crippen LogP contribution in [0.15, 0.2) is 42.5 Å². The summed E-state index contributed by atoms with van der Waals surface area (Å²) in [5.41, 5.74) is -0.657. The van der Waals surface area contributed by atoms with Crippen molar-refractivity contribution >= 4 is 33.2 Å². The first-order valence-electron chi connectivity index (χ1n) is 8.73. The molecule has 0 heterocycles. The van der Waals surface area contributed by atoms with Crippen LogP contribution in [0.1, 0.15) is 17.5 Å². The number of amides is 1. The molecule has 0 bridgehead atoms. The SMILES string of the molecule is CS(=O)(=O)N(CC(=O)NCCCc1ccc(F)cc1)c1ccc(Cl)c(C(F)(F)F)c1. The second-order valence-corrected chi connectivity index (χ2v) is 8.83. The zero-order valence-corrected chi connectivity index (χ0v) is 17.4. The highest BCUT2D eigenvalue weighted by Crippen LogP contribution is 2.37. The summed E-state index contributed by atoms with van der Waals surface area (Å²) in [5, 5.41) is 1.95. The standard InChI is InChI=1S/C19H19ClF4N2O3S/c1-30(28,29)26(15-8-9-17(20)16(11-15)19(22,23)24)12-18(27)25-10-2-3-13-4-6-14(21)7-5-13/h4-9,11H,2-3,10,12H2,1H3,(H,25,27). The van der Waals surface area contributed by atoms with Crippen molar-refractivity contribution in [3.05, 3.63) is 64.4 Å². The minimum Gasteiger partial charge on any atom is -0.355 e. The van der Waals surface area contributed by atoms with Crippen LogP contribution < -0.4 is 9.62 Å². The molecule has 0 aliphatic heterocycles. The van der Waals surface area contributed by atoms with E-state index in [1.165, 1.54) is 12.1 Å². The summed E-state index contributed by atoms with van der Waals surface area (Å²) in [6.07, 6.45) is -2.92. The average Bonchev–Trinajstić information content (AvgIpc) is 2.63. The number of carbonyl (C=O) groups excluding carboxylic acids is 1. The number of hydrogen-bond donors (Lipinski definition) is 1. The number of alkyl halides is 3. The molecule has 2 aromatic carbocycles. The number of aryl methyl sites for hydroxylation is 1. The van der Waals surface area contributed by atoms with Crippen molar-refractivity contribution in [3.8, 4) is 0 Å². The minimum atomic E-state index is -4.78. The van der Waals surface area contributed by atoms with Gasteiger partial charge in [-0.25, -0.2) is 12.8 Å². The zero-order chi connectivity index (χ0) is 22.5. The van der Waals surface area contributed by atoms with Crippen LogP contribution in [-0.4, -0.2) is 33.7 Å². The van der Waals surface area contributed by atoms with Gasteiger partial charge in [0.1, 0.15) is 12.4 Å². The molecular weight excluding hydrogens is 448 g/mol. The Morgan fingerprint density at radius 2 is 1.77 bits per heavy atom. The van der Waals surface area contributed by atoms with Gasteiger partial charge in [0.2, 0.25) is 15.9 Å². The van der Waals surface area contributed by atoms with Crippen molar-refractivity contribution in [1.82, 2.24) is 5.32 Å².